The number of nitrogens with one attached hydrogen (secondary N) is 1. The summed E-state index contributed by atoms with van der Waals surface area (Å²) in [7, 11) is 0. The van der Waals surface area contributed by atoms with Crippen molar-refractivity contribution in [1.29, 1.82) is 0 Å². The van der Waals surface area contributed by atoms with Crippen molar-refractivity contribution in [2.45, 2.75) is 26.4 Å². The fourth-order valence-electron chi connectivity index (χ4n) is 2.26. The maximum Gasteiger partial charge on any atom is 0.217 e. The van der Waals surface area contributed by atoms with Crippen molar-refractivity contribution >= 4 is 11.7 Å². The number of amides is 1. The zero-order valence-corrected chi connectivity index (χ0v) is 11.2. The van der Waals surface area contributed by atoms with Crippen LogP contribution in [-0.2, 0) is 24.3 Å². The number of hydrogen-bond donors (Lipinski definition) is 1. The molecule has 3 heterocycles. The van der Waals surface area contributed by atoms with Crippen LogP contribution in [0.3, 0.4) is 0 Å². The molecule has 0 saturated heterocycles. The van der Waals surface area contributed by atoms with Gasteiger partial charge in [-0.05, 0) is 0 Å². The molecule has 1 N–H and O–H groups in total. The summed E-state index contributed by atoms with van der Waals surface area (Å²) in [5.41, 5.74) is 1.82. The van der Waals surface area contributed by atoms with Crippen LogP contribution >= 0.6 is 0 Å². The number of carbonyl (C=O) groups is 1. The lowest BCUT2D eigenvalue weighted by molar-refractivity contribution is -0.119. The number of fused-ring (bicyclic) bond motifs is 1. The second-order valence-electron chi connectivity index (χ2n) is 4.68. The molecule has 7 heteroatoms. The molecule has 20 heavy (non-hydrogen) atoms. The van der Waals surface area contributed by atoms with Crippen LogP contribution in [0.2, 0.25) is 0 Å². The summed E-state index contributed by atoms with van der Waals surface area (Å²) in [6.45, 7) is 3.37. The minimum Gasteiger partial charge on any atom is -0.361 e. The van der Waals surface area contributed by atoms with Crippen LogP contribution in [0.25, 0.3) is 0 Å². The minimum atomic E-state index is -0.0802. The highest BCUT2D eigenvalue weighted by Crippen LogP contribution is 2.25. The molecule has 0 aliphatic carbocycles. The van der Waals surface area contributed by atoms with Crippen molar-refractivity contribution in [3.8, 4) is 0 Å². The zero-order valence-electron chi connectivity index (χ0n) is 11.2. The van der Waals surface area contributed by atoms with E-state index in [0.29, 0.717) is 13.1 Å². The SMILES string of the molecule is CC(=O)NCc1noc2c1CN(c1cnccn1)CC2. The molecule has 2 aromatic rings. The first-order valence-corrected chi connectivity index (χ1v) is 6.45. The lowest BCUT2D eigenvalue weighted by atomic mass is 10.1. The molecule has 2 aromatic heterocycles. The predicted molar refractivity (Wildman–Crippen MR) is 70.8 cm³/mol. The van der Waals surface area contributed by atoms with Crippen LogP contribution in [-0.4, -0.2) is 27.6 Å². The van der Waals surface area contributed by atoms with Crippen LogP contribution in [0.5, 0.6) is 0 Å². The van der Waals surface area contributed by atoms with E-state index in [0.717, 1.165) is 35.8 Å². The first-order valence-electron chi connectivity index (χ1n) is 6.45. The maximum absolute atomic E-state index is 11.0. The summed E-state index contributed by atoms with van der Waals surface area (Å²) >= 11 is 0. The zero-order chi connectivity index (χ0) is 13.9. The van der Waals surface area contributed by atoms with Crippen molar-refractivity contribution in [2.75, 3.05) is 11.4 Å². The molecule has 7 nitrogen and oxygen atoms in total. The van der Waals surface area contributed by atoms with Gasteiger partial charge in [-0.2, -0.15) is 0 Å². The number of aromatic nitrogens is 3. The Balaban J connectivity index is 1.79. The molecule has 3 rings (SSSR count). The van der Waals surface area contributed by atoms with Crippen LogP contribution in [0.15, 0.2) is 23.1 Å². The summed E-state index contributed by atoms with van der Waals surface area (Å²) in [6.07, 6.45) is 5.85. The van der Waals surface area contributed by atoms with Crippen molar-refractivity contribution in [2.24, 2.45) is 0 Å². The van der Waals surface area contributed by atoms with E-state index in [9.17, 15) is 4.79 Å². The van der Waals surface area contributed by atoms with Gasteiger partial charge in [0.2, 0.25) is 5.91 Å². The Hall–Kier alpha value is -2.44. The van der Waals surface area contributed by atoms with E-state index in [1.807, 2.05) is 0 Å². The van der Waals surface area contributed by atoms with Gasteiger partial charge >= 0.3 is 0 Å². The summed E-state index contributed by atoms with van der Waals surface area (Å²) < 4.78 is 5.34. The van der Waals surface area contributed by atoms with E-state index < -0.39 is 0 Å². The highest BCUT2D eigenvalue weighted by molar-refractivity contribution is 5.72. The van der Waals surface area contributed by atoms with Gasteiger partial charge in [0.1, 0.15) is 17.3 Å². The summed E-state index contributed by atoms with van der Waals surface area (Å²) in [5, 5.41) is 6.79. The van der Waals surface area contributed by atoms with Gasteiger partial charge in [-0.1, -0.05) is 5.16 Å². The molecule has 0 radical (unpaired) electrons. The number of rotatable bonds is 3. The van der Waals surface area contributed by atoms with Gasteiger partial charge in [0.05, 0.1) is 12.7 Å². The molecule has 0 spiro atoms. The van der Waals surface area contributed by atoms with Gasteiger partial charge in [0, 0.05) is 44.4 Å². The number of hydrogen-bond acceptors (Lipinski definition) is 6. The summed E-state index contributed by atoms with van der Waals surface area (Å²) in [5.74, 6) is 1.65. The highest BCUT2D eigenvalue weighted by atomic mass is 16.5. The third kappa shape index (κ3) is 2.47. The van der Waals surface area contributed by atoms with E-state index in [1.165, 1.54) is 6.92 Å². The van der Waals surface area contributed by atoms with Gasteiger partial charge in [0.15, 0.2) is 0 Å². The van der Waals surface area contributed by atoms with Gasteiger partial charge in [-0.15, -0.1) is 0 Å². The van der Waals surface area contributed by atoms with Crippen LogP contribution < -0.4 is 10.2 Å². The van der Waals surface area contributed by atoms with E-state index in [4.69, 9.17) is 4.52 Å². The lowest BCUT2D eigenvalue weighted by Crippen LogP contribution is -2.31. The largest absolute Gasteiger partial charge is 0.361 e. The third-order valence-corrected chi connectivity index (χ3v) is 3.29. The van der Waals surface area contributed by atoms with Crippen molar-refractivity contribution in [3.63, 3.8) is 0 Å². The highest BCUT2D eigenvalue weighted by Gasteiger charge is 2.24. The Morgan fingerprint density at radius 1 is 1.50 bits per heavy atom. The standard InChI is InChI=1S/C13H15N5O2/c1-9(19)16-6-11-10-8-18(5-2-12(10)20-17-11)13-7-14-3-4-15-13/h3-4,7H,2,5-6,8H2,1H3,(H,16,19). The van der Waals surface area contributed by atoms with E-state index in [2.05, 4.69) is 25.3 Å². The van der Waals surface area contributed by atoms with E-state index >= 15 is 0 Å². The predicted octanol–water partition coefficient (Wildman–Crippen LogP) is 0.663. The van der Waals surface area contributed by atoms with Gasteiger partial charge < -0.3 is 14.7 Å². The first-order chi connectivity index (χ1) is 9.74. The molecular formula is C13H15N5O2. The average molecular weight is 273 g/mol. The second-order valence-corrected chi connectivity index (χ2v) is 4.68. The Kier molecular flexibility index (Phi) is 3.32. The Morgan fingerprint density at radius 2 is 2.40 bits per heavy atom. The fraction of sp³-hybridized carbons (Fsp3) is 0.385. The summed E-state index contributed by atoms with van der Waals surface area (Å²) in [6, 6.07) is 0. The van der Waals surface area contributed by atoms with Crippen LogP contribution in [0, 0.1) is 0 Å². The Labute approximate surface area is 116 Å². The molecule has 0 aromatic carbocycles. The quantitative estimate of drug-likeness (QED) is 0.884. The molecule has 1 aliphatic rings. The molecule has 104 valence electrons. The van der Waals surface area contributed by atoms with Gasteiger partial charge in [0.25, 0.3) is 0 Å². The Bertz CT molecular complexity index is 610. The lowest BCUT2D eigenvalue weighted by Gasteiger charge is -2.26. The first kappa shape index (κ1) is 12.6. The van der Waals surface area contributed by atoms with Crippen molar-refractivity contribution in [1.82, 2.24) is 20.4 Å². The number of carbonyl (C=O) groups excluding carboxylic acids is 1. The third-order valence-electron chi connectivity index (χ3n) is 3.29. The second kappa shape index (κ2) is 5.28. The number of nitrogens with zero attached hydrogens (tertiary/aromatic N) is 4. The number of anilines is 1. The molecule has 0 bridgehead atoms. The van der Waals surface area contributed by atoms with Crippen molar-refractivity contribution in [3.05, 3.63) is 35.6 Å². The van der Waals surface area contributed by atoms with Gasteiger partial charge in [-0.3, -0.25) is 9.78 Å². The monoisotopic (exact) mass is 273 g/mol. The topological polar surface area (TPSA) is 84.2 Å². The normalized spacial score (nSPS) is 13.9. The van der Waals surface area contributed by atoms with E-state index in [1.54, 1.807) is 18.6 Å². The summed E-state index contributed by atoms with van der Waals surface area (Å²) in [4.78, 5) is 21.5. The molecular weight excluding hydrogens is 258 g/mol. The van der Waals surface area contributed by atoms with E-state index in [-0.39, 0.29) is 5.91 Å². The molecule has 0 saturated carbocycles. The molecule has 1 aliphatic heterocycles. The molecule has 0 unspecified atom stereocenters. The Morgan fingerprint density at radius 3 is 3.15 bits per heavy atom. The minimum absolute atomic E-state index is 0.0802. The average Bonchev–Trinajstić information content (AvgIpc) is 2.88. The molecule has 1 amide bonds. The smallest absolute Gasteiger partial charge is 0.217 e. The maximum atomic E-state index is 11.0. The van der Waals surface area contributed by atoms with Crippen LogP contribution in [0.4, 0.5) is 5.82 Å². The van der Waals surface area contributed by atoms with Crippen molar-refractivity contribution < 1.29 is 9.32 Å². The molecule has 0 fully saturated rings. The fourth-order valence-corrected chi connectivity index (χ4v) is 2.26. The van der Waals surface area contributed by atoms with Crippen LogP contribution in [0.1, 0.15) is 23.9 Å². The molecule has 0 atom stereocenters. The van der Waals surface area contributed by atoms with Gasteiger partial charge in [-0.25, -0.2) is 4.98 Å².